The first-order valence-corrected chi connectivity index (χ1v) is 14.7. The van der Waals surface area contributed by atoms with Crippen molar-refractivity contribution in [3.63, 3.8) is 0 Å². The lowest BCUT2D eigenvalue weighted by atomic mass is 9.92. The summed E-state index contributed by atoms with van der Waals surface area (Å²) in [6, 6.07) is 49.9. The van der Waals surface area contributed by atoms with Crippen molar-refractivity contribution in [2.45, 2.75) is 0 Å². The Kier molecular flexibility index (Phi) is 4.80. The van der Waals surface area contributed by atoms with Crippen molar-refractivity contribution in [3.05, 3.63) is 140 Å². The van der Waals surface area contributed by atoms with E-state index in [0.717, 1.165) is 38.7 Å². The van der Waals surface area contributed by atoms with Crippen molar-refractivity contribution < 1.29 is 4.42 Å². The zero-order valence-electron chi connectivity index (χ0n) is 22.0. The van der Waals surface area contributed by atoms with Crippen LogP contribution < -0.4 is 0 Å². The molecule has 0 aliphatic carbocycles. The summed E-state index contributed by atoms with van der Waals surface area (Å²) >= 11 is 1.86. The third kappa shape index (κ3) is 3.30. The van der Waals surface area contributed by atoms with Gasteiger partial charge in [0.05, 0.1) is 10.9 Å². The van der Waals surface area contributed by atoms with E-state index in [9.17, 15) is 0 Å². The second kappa shape index (κ2) is 8.69. The molecular formula is C38H23NOS. The summed E-state index contributed by atoms with van der Waals surface area (Å²) in [5.74, 6) is 0. The highest BCUT2D eigenvalue weighted by Crippen LogP contribution is 2.45. The maximum absolute atomic E-state index is 6.65. The molecule has 0 amide bonds. The quantitative estimate of drug-likeness (QED) is 0.217. The van der Waals surface area contributed by atoms with Crippen molar-refractivity contribution in [1.82, 2.24) is 4.57 Å². The van der Waals surface area contributed by atoms with Crippen LogP contribution in [0.5, 0.6) is 0 Å². The Morgan fingerprint density at radius 1 is 0.512 bits per heavy atom. The van der Waals surface area contributed by atoms with Gasteiger partial charge in [0.1, 0.15) is 11.1 Å². The number of thiophene rings is 1. The van der Waals surface area contributed by atoms with Crippen LogP contribution in [-0.4, -0.2) is 4.57 Å². The normalized spacial score (nSPS) is 11.9. The van der Waals surface area contributed by atoms with E-state index in [1.807, 2.05) is 11.3 Å². The van der Waals surface area contributed by atoms with Gasteiger partial charge in [-0.05, 0) is 70.8 Å². The second-order valence-corrected chi connectivity index (χ2v) is 11.6. The maximum atomic E-state index is 6.65. The van der Waals surface area contributed by atoms with Crippen LogP contribution in [0, 0.1) is 0 Å². The lowest BCUT2D eigenvalue weighted by Crippen LogP contribution is -1.94. The van der Waals surface area contributed by atoms with Crippen molar-refractivity contribution in [3.8, 4) is 27.9 Å². The molecular weight excluding hydrogens is 518 g/mol. The number of benzene rings is 6. The number of fused-ring (bicyclic) bond motifs is 8. The Labute approximate surface area is 240 Å². The Balaban J connectivity index is 1.36. The van der Waals surface area contributed by atoms with E-state index < -0.39 is 0 Å². The van der Waals surface area contributed by atoms with Crippen LogP contribution in [-0.2, 0) is 0 Å². The summed E-state index contributed by atoms with van der Waals surface area (Å²) in [6.45, 7) is 0. The summed E-state index contributed by atoms with van der Waals surface area (Å²) < 4.78 is 11.6. The fraction of sp³-hybridized carbons (Fsp3) is 0. The highest BCUT2D eigenvalue weighted by molar-refractivity contribution is 7.25. The van der Waals surface area contributed by atoms with E-state index in [4.69, 9.17) is 4.42 Å². The van der Waals surface area contributed by atoms with Gasteiger partial charge in [0, 0.05) is 31.2 Å². The second-order valence-electron chi connectivity index (χ2n) is 10.5. The molecule has 6 aromatic carbocycles. The number of hydrogen-bond acceptors (Lipinski definition) is 2. The van der Waals surface area contributed by atoms with Gasteiger partial charge in [-0.25, -0.2) is 0 Å². The number of aromatic nitrogens is 1. The molecule has 0 saturated heterocycles. The predicted molar refractivity (Wildman–Crippen MR) is 174 cm³/mol. The number of rotatable bonds is 3. The van der Waals surface area contributed by atoms with E-state index in [1.54, 1.807) is 0 Å². The molecule has 41 heavy (non-hydrogen) atoms. The lowest BCUT2D eigenvalue weighted by molar-refractivity contribution is 0.673. The largest absolute Gasteiger partial charge is 0.454 e. The highest BCUT2D eigenvalue weighted by atomic mass is 32.1. The minimum Gasteiger partial charge on any atom is -0.454 e. The SMILES string of the molecule is c1ccc(-n2c3ccccc3c3oc4cccc(-c5ccccc5-c5ccc6sc7ccccc7c6c5)c4c32)cc1. The van der Waals surface area contributed by atoms with Gasteiger partial charge in [0.25, 0.3) is 0 Å². The van der Waals surface area contributed by atoms with Crippen molar-refractivity contribution in [2.75, 3.05) is 0 Å². The van der Waals surface area contributed by atoms with E-state index >= 15 is 0 Å². The van der Waals surface area contributed by atoms with E-state index in [-0.39, 0.29) is 0 Å². The molecule has 192 valence electrons. The van der Waals surface area contributed by atoms with Gasteiger partial charge in [0.2, 0.25) is 0 Å². The molecule has 0 N–H and O–H groups in total. The zero-order valence-corrected chi connectivity index (χ0v) is 22.9. The van der Waals surface area contributed by atoms with Crippen LogP contribution in [0.2, 0.25) is 0 Å². The summed E-state index contributed by atoms with van der Waals surface area (Å²) in [4.78, 5) is 0. The predicted octanol–water partition coefficient (Wildman–Crippen LogP) is 11.2. The Hall–Kier alpha value is -5.12. The van der Waals surface area contributed by atoms with E-state index in [0.29, 0.717) is 0 Å². The molecule has 0 bridgehead atoms. The minimum atomic E-state index is 0.900. The molecule has 0 aliphatic rings. The van der Waals surface area contributed by atoms with Gasteiger partial charge in [0.15, 0.2) is 5.58 Å². The third-order valence-corrected chi connectivity index (χ3v) is 9.37. The summed E-state index contributed by atoms with van der Waals surface area (Å²) in [5.41, 5.74) is 10.0. The minimum absolute atomic E-state index is 0.900. The highest BCUT2D eigenvalue weighted by Gasteiger charge is 2.22. The zero-order chi connectivity index (χ0) is 26.9. The summed E-state index contributed by atoms with van der Waals surface area (Å²) in [7, 11) is 0. The fourth-order valence-corrected chi connectivity index (χ4v) is 7.53. The van der Waals surface area contributed by atoms with Crippen molar-refractivity contribution >= 4 is 64.5 Å². The van der Waals surface area contributed by atoms with Crippen molar-refractivity contribution in [2.24, 2.45) is 0 Å². The smallest absolute Gasteiger partial charge is 0.161 e. The number of hydrogen-bond donors (Lipinski definition) is 0. The van der Waals surface area contributed by atoms with Gasteiger partial charge in [-0.15, -0.1) is 11.3 Å². The molecule has 2 nitrogen and oxygen atoms in total. The van der Waals surface area contributed by atoms with Crippen molar-refractivity contribution in [1.29, 1.82) is 0 Å². The molecule has 0 saturated carbocycles. The molecule has 0 fully saturated rings. The molecule has 9 aromatic rings. The first kappa shape index (κ1) is 22.7. The van der Waals surface area contributed by atoms with Crippen LogP contribution in [0.15, 0.2) is 144 Å². The molecule has 0 unspecified atom stereocenters. The molecule has 0 radical (unpaired) electrons. The molecule has 0 aliphatic heterocycles. The first-order chi connectivity index (χ1) is 20.3. The third-order valence-electron chi connectivity index (χ3n) is 8.22. The monoisotopic (exact) mass is 541 g/mol. The number of nitrogens with zero attached hydrogens (tertiary/aromatic N) is 1. The average Bonchev–Trinajstić information content (AvgIpc) is 3.70. The molecule has 3 heterocycles. The molecule has 9 rings (SSSR count). The Morgan fingerprint density at radius 2 is 1.22 bits per heavy atom. The maximum Gasteiger partial charge on any atom is 0.161 e. The molecule has 0 spiro atoms. The molecule has 3 heteroatoms. The molecule has 0 atom stereocenters. The summed E-state index contributed by atoms with van der Waals surface area (Å²) in [6.07, 6.45) is 0. The van der Waals surface area contributed by atoms with Crippen LogP contribution in [0.1, 0.15) is 0 Å². The Bertz CT molecular complexity index is 2420. The first-order valence-electron chi connectivity index (χ1n) is 13.9. The van der Waals surface area contributed by atoms with Gasteiger partial charge >= 0.3 is 0 Å². The van der Waals surface area contributed by atoms with Crippen LogP contribution >= 0.6 is 11.3 Å². The average molecular weight is 542 g/mol. The fourth-order valence-electron chi connectivity index (χ4n) is 6.44. The topological polar surface area (TPSA) is 18.1 Å². The van der Waals surface area contributed by atoms with Crippen LogP contribution in [0.4, 0.5) is 0 Å². The van der Waals surface area contributed by atoms with Gasteiger partial charge in [-0.3, -0.25) is 0 Å². The van der Waals surface area contributed by atoms with Gasteiger partial charge in [-0.1, -0.05) is 91.0 Å². The van der Waals surface area contributed by atoms with Gasteiger partial charge in [-0.2, -0.15) is 0 Å². The Morgan fingerprint density at radius 3 is 2.12 bits per heavy atom. The molecule has 3 aromatic heterocycles. The summed E-state index contributed by atoms with van der Waals surface area (Å²) in [5, 5.41) is 4.89. The van der Waals surface area contributed by atoms with Crippen LogP contribution in [0.3, 0.4) is 0 Å². The van der Waals surface area contributed by atoms with E-state index in [1.165, 1.54) is 42.4 Å². The van der Waals surface area contributed by atoms with Crippen LogP contribution in [0.25, 0.3) is 81.1 Å². The number of para-hydroxylation sites is 2. The number of furan rings is 1. The van der Waals surface area contributed by atoms with Gasteiger partial charge < -0.3 is 8.98 Å². The lowest BCUT2D eigenvalue weighted by Gasteiger charge is -2.13. The van der Waals surface area contributed by atoms with E-state index in [2.05, 4.69) is 144 Å². The standard InChI is InChI=1S/C38H23NOS/c1-2-11-25(12-3-1)39-32-18-8-6-16-30(32)38-37(39)36-29(17-10-19-33(36)40-38)27-14-5-4-13-26(27)24-21-22-35-31(23-24)28-15-7-9-20-34(28)41-35/h1-23H.